The van der Waals surface area contributed by atoms with E-state index in [1.165, 1.54) is 0 Å². The van der Waals surface area contributed by atoms with E-state index >= 15 is 0 Å². The summed E-state index contributed by atoms with van der Waals surface area (Å²) in [6.07, 6.45) is 0. The lowest BCUT2D eigenvalue weighted by Crippen LogP contribution is -1.95. The van der Waals surface area contributed by atoms with Crippen LogP contribution in [0.4, 0.5) is 0 Å². The number of methoxy groups -OCH3 is 1. The molecule has 0 aliphatic rings. The van der Waals surface area contributed by atoms with Gasteiger partial charge in [0.1, 0.15) is 17.5 Å². The first-order valence-electron chi connectivity index (χ1n) is 6.13. The van der Waals surface area contributed by atoms with Gasteiger partial charge in [-0.2, -0.15) is 5.26 Å². The molecule has 0 spiro atoms. The second-order valence-corrected chi connectivity index (χ2v) is 4.28. The molecule has 0 saturated heterocycles. The average molecular weight is 261 g/mol. The van der Waals surface area contributed by atoms with E-state index in [1.807, 2.05) is 48.5 Å². The molecule has 1 heterocycles. The monoisotopic (exact) mass is 261 g/mol. The summed E-state index contributed by atoms with van der Waals surface area (Å²) in [5.41, 5.74) is 2.71. The van der Waals surface area contributed by atoms with Gasteiger partial charge in [-0.15, -0.1) is 10.2 Å². The summed E-state index contributed by atoms with van der Waals surface area (Å²) in [5.74, 6) is 0.765. The van der Waals surface area contributed by atoms with Crippen molar-refractivity contribution in [3.63, 3.8) is 0 Å². The van der Waals surface area contributed by atoms with Gasteiger partial charge in [-0.25, -0.2) is 0 Å². The molecular weight excluding hydrogens is 250 g/mol. The number of rotatable bonds is 2. The molecule has 0 atom stereocenters. The van der Waals surface area contributed by atoms with Crippen LogP contribution >= 0.6 is 0 Å². The maximum Gasteiger partial charge on any atom is 0.118 e. The van der Waals surface area contributed by atoms with Crippen molar-refractivity contribution in [3.05, 3.63) is 54.1 Å². The number of nitriles is 1. The summed E-state index contributed by atoms with van der Waals surface area (Å²) < 4.78 is 5.13. The van der Waals surface area contributed by atoms with Gasteiger partial charge in [0.15, 0.2) is 0 Å². The van der Waals surface area contributed by atoms with Crippen LogP contribution in [-0.4, -0.2) is 17.3 Å². The number of nitrogens with zero attached hydrogens (tertiary/aromatic N) is 3. The minimum atomic E-state index is 0.542. The smallest absolute Gasteiger partial charge is 0.118 e. The summed E-state index contributed by atoms with van der Waals surface area (Å²) in [6.45, 7) is 0. The van der Waals surface area contributed by atoms with Crippen molar-refractivity contribution in [2.24, 2.45) is 0 Å². The summed E-state index contributed by atoms with van der Waals surface area (Å²) >= 11 is 0. The molecule has 0 bridgehead atoms. The number of hydrogen-bond donors (Lipinski definition) is 0. The van der Waals surface area contributed by atoms with Crippen LogP contribution in [0.5, 0.6) is 5.75 Å². The third kappa shape index (κ3) is 1.95. The fourth-order valence-corrected chi connectivity index (χ4v) is 2.12. The maximum absolute atomic E-state index is 9.44. The van der Waals surface area contributed by atoms with Crippen LogP contribution in [0.2, 0.25) is 0 Å². The van der Waals surface area contributed by atoms with Gasteiger partial charge in [-0.3, -0.25) is 0 Å². The van der Waals surface area contributed by atoms with Crippen molar-refractivity contribution >= 4 is 10.9 Å². The van der Waals surface area contributed by atoms with Crippen LogP contribution in [0.25, 0.3) is 22.2 Å². The zero-order valence-electron chi connectivity index (χ0n) is 10.9. The molecule has 0 amide bonds. The first-order chi connectivity index (χ1) is 9.83. The summed E-state index contributed by atoms with van der Waals surface area (Å²) in [7, 11) is 1.62. The van der Waals surface area contributed by atoms with Crippen LogP contribution in [0, 0.1) is 11.3 Å². The molecule has 2 aromatic carbocycles. The quantitative estimate of drug-likeness (QED) is 0.711. The van der Waals surface area contributed by atoms with Crippen LogP contribution < -0.4 is 4.74 Å². The highest BCUT2D eigenvalue weighted by Gasteiger charge is 2.11. The lowest BCUT2D eigenvalue weighted by atomic mass is 10.0. The Hall–Kier alpha value is -2.93. The third-order valence-electron chi connectivity index (χ3n) is 3.14. The molecule has 3 aromatic rings. The number of hydrogen-bond acceptors (Lipinski definition) is 4. The van der Waals surface area contributed by atoms with E-state index < -0.39 is 0 Å². The van der Waals surface area contributed by atoms with Crippen LogP contribution in [-0.2, 0) is 0 Å². The summed E-state index contributed by atoms with van der Waals surface area (Å²) in [6, 6.07) is 17.2. The van der Waals surface area contributed by atoms with Gasteiger partial charge in [-0.05, 0) is 30.3 Å². The van der Waals surface area contributed by atoms with Gasteiger partial charge in [0, 0.05) is 10.9 Å². The molecule has 20 heavy (non-hydrogen) atoms. The van der Waals surface area contributed by atoms with E-state index in [-0.39, 0.29) is 0 Å². The molecule has 0 saturated carbocycles. The minimum Gasteiger partial charge on any atom is -0.497 e. The predicted molar refractivity (Wildman–Crippen MR) is 76.2 cm³/mol. The lowest BCUT2D eigenvalue weighted by molar-refractivity contribution is 0.415. The Morgan fingerprint density at radius 1 is 1.00 bits per heavy atom. The first-order valence-corrected chi connectivity index (χ1v) is 6.13. The van der Waals surface area contributed by atoms with E-state index in [9.17, 15) is 5.26 Å². The van der Waals surface area contributed by atoms with Gasteiger partial charge in [0.2, 0.25) is 0 Å². The van der Waals surface area contributed by atoms with Crippen molar-refractivity contribution in [1.82, 2.24) is 10.2 Å². The SMILES string of the molecule is COc1ccc(-c2nnc3ccccc3c2C#N)cc1. The van der Waals surface area contributed by atoms with E-state index in [0.29, 0.717) is 11.3 Å². The fourth-order valence-electron chi connectivity index (χ4n) is 2.12. The van der Waals surface area contributed by atoms with E-state index in [2.05, 4.69) is 16.3 Å². The topological polar surface area (TPSA) is 58.8 Å². The van der Waals surface area contributed by atoms with E-state index in [0.717, 1.165) is 22.2 Å². The summed E-state index contributed by atoms with van der Waals surface area (Å²) in [5, 5.41) is 18.6. The van der Waals surface area contributed by atoms with Gasteiger partial charge in [-0.1, -0.05) is 18.2 Å². The first kappa shape index (κ1) is 12.1. The molecule has 4 heteroatoms. The Bertz CT molecular complexity index is 804. The highest BCUT2D eigenvalue weighted by Crippen LogP contribution is 2.27. The normalized spacial score (nSPS) is 10.2. The van der Waals surface area contributed by atoms with Crippen LogP contribution in [0.1, 0.15) is 5.56 Å². The molecular formula is C16H11N3O. The molecule has 1 aromatic heterocycles. The molecule has 3 rings (SSSR count). The Morgan fingerprint density at radius 2 is 1.75 bits per heavy atom. The predicted octanol–water partition coefficient (Wildman–Crippen LogP) is 3.18. The third-order valence-corrected chi connectivity index (χ3v) is 3.14. The Kier molecular flexibility index (Phi) is 3.02. The highest BCUT2D eigenvalue weighted by molar-refractivity contribution is 5.89. The largest absolute Gasteiger partial charge is 0.497 e. The minimum absolute atomic E-state index is 0.542. The van der Waals surface area contributed by atoms with Crippen molar-refractivity contribution in [1.29, 1.82) is 5.26 Å². The molecule has 0 radical (unpaired) electrons. The molecule has 0 N–H and O–H groups in total. The highest BCUT2D eigenvalue weighted by atomic mass is 16.5. The standard InChI is InChI=1S/C16H11N3O/c1-20-12-8-6-11(7-9-12)16-14(10-17)13-4-2-3-5-15(13)18-19-16/h2-9H,1H3. The summed E-state index contributed by atoms with van der Waals surface area (Å²) in [4.78, 5) is 0. The molecule has 0 aliphatic heterocycles. The second-order valence-electron chi connectivity index (χ2n) is 4.28. The Labute approximate surface area is 116 Å². The van der Waals surface area contributed by atoms with Crippen molar-refractivity contribution < 1.29 is 4.74 Å². The van der Waals surface area contributed by atoms with E-state index in [1.54, 1.807) is 7.11 Å². The van der Waals surface area contributed by atoms with Crippen molar-refractivity contribution in [2.45, 2.75) is 0 Å². The van der Waals surface area contributed by atoms with Gasteiger partial charge in [0.25, 0.3) is 0 Å². The molecule has 0 fully saturated rings. The number of benzene rings is 2. The zero-order valence-corrected chi connectivity index (χ0v) is 10.9. The average Bonchev–Trinajstić information content (AvgIpc) is 2.54. The molecule has 0 aliphatic carbocycles. The lowest BCUT2D eigenvalue weighted by Gasteiger charge is -2.06. The number of ether oxygens (including phenoxy) is 1. The fraction of sp³-hybridized carbons (Fsp3) is 0.0625. The van der Waals surface area contributed by atoms with Crippen molar-refractivity contribution in [2.75, 3.05) is 7.11 Å². The van der Waals surface area contributed by atoms with Gasteiger partial charge >= 0.3 is 0 Å². The van der Waals surface area contributed by atoms with E-state index in [4.69, 9.17) is 4.74 Å². The van der Waals surface area contributed by atoms with Crippen LogP contribution in [0.15, 0.2) is 48.5 Å². The maximum atomic E-state index is 9.44. The molecule has 96 valence electrons. The second kappa shape index (κ2) is 4.98. The van der Waals surface area contributed by atoms with Crippen molar-refractivity contribution in [3.8, 4) is 23.1 Å². The molecule has 4 nitrogen and oxygen atoms in total. The Morgan fingerprint density at radius 3 is 2.45 bits per heavy atom. The Balaban J connectivity index is 2.22. The molecule has 0 unspecified atom stereocenters. The van der Waals surface area contributed by atoms with Gasteiger partial charge in [0.05, 0.1) is 18.2 Å². The van der Waals surface area contributed by atoms with Crippen LogP contribution in [0.3, 0.4) is 0 Å². The van der Waals surface area contributed by atoms with Gasteiger partial charge < -0.3 is 4.74 Å². The zero-order chi connectivity index (χ0) is 13.9. The number of fused-ring (bicyclic) bond motifs is 1. The number of aromatic nitrogens is 2.